The quantitative estimate of drug-likeness (QED) is 0.0999. The summed E-state index contributed by atoms with van der Waals surface area (Å²) in [7, 11) is 0. The van der Waals surface area contributed by atoms with Crippen LogP contribution in [0, 0.1) is 10.8 Å². The maximum atomic E-state index is 10.3. The van der Waals surface area contributed by atoms with Gasteiger partial charge in [-0.1, -0.05) is 130 Å². The molecule has 0 aromatic heterocycles. The zero-order valence-electron chi connectivity index (χ0n) is 32.5. The fourth-order valence-corrected chi connectivity index (χ4v) is 6.83. The number of unbranched alkanes of at least 4 members (excludes halogenated alkanes) is 14. The molecule has 0 bridgehead atoms. The standard InChI is InChI=1S/C40H82N2O6/c1-5-7-9-11-13-15-17-19-21-39(3,37-43)35-41-23-27-45-31-33-47-29-25-42(26-30-48-34-32-46-28-24-41)36-40(4,38-44)22-20-18-16-14-12-10-8-6-2/h43-44H,5-38H2,1-4H3. The normalized spacial score (nSPS) is 20.1. The van der Waals surface area contributed by atoms with E-state index in [2.05, 4.69) is 37.5 Å². The van der Waals surface area contributed by atoms with Crippen LogP contribution in [0.1, 0.15) is 143 Å². The van der Waals surface area contributed by atoms with Crippen molar-refractivity contribution in [2.45, 2.75) is 143 Å². The maximum Gasteiger partial charge on any atom is 0.0701 e. The Balaban J connectivity index is 2.47. The van der Waals surface area contributed by atoms with Crippen LogP contribution in [0.5, 0.6) is 0 Å². The average molecular weight is 687 g/mol. The minimum atomic E-state index is -0.114. The average Bonchev–Trinajstić information content (AvgIpc) is 3.08. The number of aliphatic hydroxyl groups excluding tert-OH is 2. The summed E-state index contributed by atoms with van der Waals surface area (Å²) in [5.74, 6) is 0. The lowest BCUT2D eigenvalue weighted by atomic mass is 9.84. The highest BCUT2D eigenvalue weighted by atomic mass is 16.5. The van der Waals surface area contributed by atoms with Crippen LogP contribution in [0.2, 0.25) is 0 Å². The molecular formula is C40H82N2O6. The highest BCUT2D eigenvalue weighted by Gasteiger charge is 2.27. The van der Waals surface area contributed by atoms with E-state index < -0.39 is 0 Å². The van der Waals surface area contributed by atoms with Gasteiger partial charge in [0.25, 0.3) is 0 Å². The van der Waals surface area contributed by atoms with Crippen molar-refractivity contribution >= 4 is 0 Å². The summed E-state index contributed by atoms with van der Waals surface area (Å²) in [5, 5.41) is 20.7. The third-order valence-corrected chi connectivity index (χ3v) is 10.2. The Morgan fingerprint density at radius 3 is 0.958 bits per heavy atom. The Morgan fingerprint density at radius 2 is 0.688 bits per heavy atom. The molecule has 288 valence electrons. The summed E-state index contributed by atoms with van der Waals surface area (Å²) in [6, 6.07) is 0. The lowest BCUT2D eigenvalue weighted by Gasteiger charge is -2.35. The highest BCUT2D eigenvalue weighted by molar-refractivity contribution is 4.79. The Bertz CT molecular complexity index is 612. The molecule has 48 heavy (non-hydrogen) atoms. The van der Waals surface area contributed by atoms with E-state index in [1.807, 2.05) is 0 Å². The molecule has 1 rings (SSSR count). The first kappa shape index (κ1) is 45.7. The smallest absolute Gasteiger partial charge is 0.0701 e. The number of ether oxygens (including phenoxy) is 4. The number of hydrogen-bond donors (Lipinski definition) is 2. The van der Waals surface area contributed by atoms with E-state index in [-0.39, 0.29) is 24.0 Å². The van der Waals surface area contributed by atoms with E-state index in [4.69, 9.17) is 18.9 Å². The fourth-order valence-electron chi connectivity index (χ4n) is 6.83. The predicted octanol–water partition coefficient (Wildman–Crippen LogP) is 7.73. The molecule has 0 spiro atoms. The molecule has 1 aliphatic rings. The van der Waals surface area contributed by atoms with E-state index in [1.54, 1.807) is 0 Å². The van der Waals surface area contributed by atoms with Crippen LogP contribution in [0.15, 0.2) is 0 Å². The van der Waals surface area contributed by atoms with Crippen LogP contribution < -0.4 is 0 Å². The van der Waals surface area contributed by atoms with Gasteiger partial charge in [-0.3, -0.25) is 9.80 Å². The van der Waals surface area contributed by atoms with Gasteiger partial charge < -0.3 is 29.2 Å². The monoisotopic (exact) mass is 687 g/mol. The molecule has 0 saturated carbocycles. The molecule has 1 aliphatic heterocycles. The first-order valence-electron chi connectivity index (χ1n) is 20.4. The molecule has 0 aromatic carbocycles. The molecule has 1 saturated heterocycles. The van der Waals surface area contributed by atoms with E-state index in [0.717, 1.165) is 52.1 Å². The summed E-state index contributed by atoms with van der Waals surface area (Å²) in [5.41, 5.74) is -0.228. The second-order valence-electron chi connectivity index (χ2n) is 15.4. The zero-order valence-corrected chi connectivity index (χ0v) is 32.5. The van der Waals surface area contributed by atoms with Gasteiger partial charge in [-0.2, -0.15) is 0 Å². The van der Waals surface area contributed by atoms with Gasteiger partial charge >= 0.3 is 0 Å². The first-order chi connectivity index (χ1) is 23.4. The summed E-state index contributed by atoms with van der Waals surface area (Å²) in [4.78, 5) is 4.80. The molecule has 0 aliphatic carbocycles. The van der Waals surface area contributed by atoms with Crippen molar-refractivity contribution in [1.29, 1.82) is 0 Å². The molecule has 0 aromatic rings. The molecule has 1 heterocycles. The van der Waals surface area contributed by atoms with Crippen LogP contribution in [-0.2, 0) is 18.9 Å². The molecular weight excluding hydrogens is 604 g/mol. The summed E-state index contributed by atoms with van der Waals surface area (Å²) < 4.78 is 24.0. The third kappa shape index (κ3) is 25.6. The van der Waals surface area contributed by atoms with E-state index in [1.165, 1.54) is 103 Å². The maximum absolute atomic E-state index is 10.3. The van der Waals surface area contributed by atoms with Crippen LogP contribution in [-0.4, -0.2) is 125 Å². The predicted molar refractivity (Wildman–Crippen MR) is 201 cm³/mol. The molecule has 1 fully saturated rings. The molecule has 0 radical (unpaired) electrons. The summed E-state index contributed by atoms with van der Waals surface area (Å²) in [6.07, 6.45) is 23.0. The zero-order chi connectivity index (χ0) is 35.0. The van der Waals surface area contributed by atoms with Crippen LogP contribution >= 0.6 is 0 Å². The SMILES string of the molecule is CCCCCCCCCCC(C)(CO)CN1CCOCCOCCN(CC(C)(CO)CCCCCCCCCC)CCOCCOCC1. The summed E-state index contributed by atoms with van der Waals surface area (Å²) >= 11 is 0. The molecule has 0 amide bonds. The van der Waals surface area contributed by atoms with E-state index >= 15 is 0 Å². The molecule has 8 nitrogen and oxygen atoms in total. The molecule has 8 heteroatoms. The van der Waals surface area contributed by atoms with Gasteiger partial charge in [0, 0.05) is 63.3 Å². The summed E-state index contributed by atoms with van der Waals surface area (Å²) in [6.45, 7) is 19.3. The lowest BCUT2D eigenvalue weighted by Crippen LogP contribution is -2.42. The van der Waals surface area contributed by atoms with Crippen molar-refractivity contribution in [3.8, 4) is 0 Å². The van der Waals surface area contributed by atoms with Gasteiger partial charge in [-0.25, -0.2) is 0 Å². The molecule has 2 unspecified atom stereocenters. The Hall–Kier alpha value is -0.320. The van der Waals surface area contributed by atoms with Gasteiger partial charge in [-0.15, -0.1) is 0 Å². The fraction of sp³-hybridized carbons (Fsp3) is 1.00. The minimum absolute atomic E-state index is 0.114. The number of rotatable bonds is 24. The van der Waals surface area contributed by atoms with Crippen molar-refractivity contribution in [1.82, 2.24) is 9.80 Å². The van der Waals surface area contributed by atoms with Crippen LogP contribution in [0.4, 0.5) is 0 Å². The van der Waals surface area contributed by atoms with Gasteiger partial charge in [0.2, 0.25) is 0 Å². The van der Waals surface area contributed by atoms with Crippen molar-refractivity contribution in [3.05, 3.63) is 0 Å². The van der Waals surface area contributed by atoms with Gasteiger partial charge in [0.1, 0.15) is 0 Å². The van der Waals surface area contributed by atoms with Crippen molar-refractivity contribution in [2.24, 2.45) is 10.8 Å². The highest BCUT2D eigenvalue weighted by Crippen LogP contribution is 2.27. The van der Waals surface area contributed by atoms with Crippen LogP contribution in [0.25, 0.3) is 0 Å². The van der Waals surface area contributed by atoms with E-state index in [0.29, 0.717) is 52.9 Å². The van der Waals surface area contributed by atoms with Crippen molar-refractivity contribution < 1.29 is 29.2 Å². The number of hydrogen-bond acceptors (Lipinski definition) is 8. The van der Waals surface area contributed by atoms with Gasteiger partial charge in [0.15, 0.2) is 0 Å². The van der Waals surface area contributed by atoms with Crippen molar-refractivity contribution in [3.63, 3.8) is 0 Å². The van der Waals surface area contributed by atoms with E-state index in [9.17, 15) is 10.2 Å². The second kappa shape index (κ2) is 31.4. The molecule has 2 N–H and O–H groups in total. The Morgan fingerprint density at radius 1 is 0.417 bits per heavy atom. The van der Waals surface area contributed by atoms with Crippen molar-refractivity contribution in [2.75, 3.05) is 105 Å². The van der Waals surface area contributed by atoms with Gasteiger partial charge in [0.05, 0.1) is 52.9 Å². The lowest BCUT2D eigenvalue weighted by molar-refractivity contribution is -0.00835. The third-order valence-electron chi connectivity index (χ3n) is 10.2. The van der Waals surface area contributed by atoms with Gasteiger partial charge in [-0.05, 0) is 12.8 Å². The largest absolute Gasteiger partial charge is 0.396 e. The minimum Gasteiger partial charge on any atom is -0.396 e. The number of aliphatic hydroxyl groups is 2. The Kier molecular flexibility index (Phi) is 29.9. The topological polar surface area (TPSA) is 83.9 Å². The van der Waals surface area contributed by atoms with Crippen LogP contribution in [0.3, 0.4) is 0 Å². The number of nitrogens with zero attached hydrogens (tertiary/aromatic N) is 2. The second-order valence-corrected chi connectivity index (χ2v) is 15.4. The first-order valence-corrected chi connectivity index (χ1v) is 20.4. The Labute approximate surface area is 298 Å². The molecule has 2 atom stereocenters.